The van der Waals surface area contributed by atoms with Gasteiger partial charge in [0.15, 0.2) is 11.6 Å². The molecular weight excluding hydrogens is 453 g/mol. The van der Waals surface area contributed by atoms with E-state index in [1.807, 2.05) is 12.1 Å². The van der Waals surface area contributed by atoms with Crippen molar-refractivity contribution in [2.75, 3.05) is 18.8 Å². The summed E-state index contributed by atoms with van der Waals surface area (Å²) in [4.78, 5) is 8.79. The van der Waals surface area contributed by atoms with E-state index in [4.69, 9.17) is 22.1 Å². The maximum absolute atomic E-state index is 13.5. The van der Waals surface area contributed by atoms with Crippen LogP contribution in [0.1, 0.15) is 48.6 Å². The summed E-state index contributed by atoms with van der Waals surface area (Å²) >= 11 is 5.95. The molecule has 3 N–H and O–H groups in total. The van der Waals surface area contributed by atoms with Gasteiger partial charge in [0.2, 0.25) is 0 Å². The van der Waals surface area contributed by atoms with E-state index in [-0.39, 0.29) is 22.2 Å². The van der Waals surface area contributed by atoms with E-state index in [9.17, 15) is 13.2 Å². The second kappa shape index (κ2) is 9.57. The number of benzene rings is 1. The Bertz CT molecular complexity index is 1120. The number of nitrogens with two attached hydrogens (primary N) is 1. The summed E-state index contributed by atoms with van der Waals surface area (Å²) < 4.78 is 46.2. The van der Waals surface area contributed by atoms with Gasteiger partial charge in [-0.05, 0) is 63.2 Å². The monoisotopic (exact) mass is 476 g/mol. The minimum absolute atomic E-state index is 0.0761. The Hall–Kier alpha value is -2.84. The van der Waals surface area contributed by atoms with Crippen molar-refractivity contribution in [3.05, 3.63) is 70.6 Å². The highest BCUT2D eigenvalue weighted by Crippen LogP contribution is 2.38. The summed E-state index contributed by atoms with van der Waals surface area (Å²) in [6, 6.07) is 9.04. The van der Waals surface area contributed by atoms with Gasteiger partial charge >= 0.3 is 6.18 Å². The van der Waals surface area contributed by atoms with E-state index >= 15 is 0 Å². The van der Waals surface area contributed by atoms with Crippen LogP contribution in [-0.2, 0) is 6.18 Å². The van der Waals surface area contributed by atoms with Crippen LogP contribution in [0.5, 0.6) is 5.75 Å². The minimum Gasteiger partial charge on any atom is -0.482 e. The molecule has 3 aromatic rings. The molecule has 1 aliphatic rings. The lowest BCUT2D eigenvalue weighted by molar-refractivity contribution is -0.138. The van der Waals surface area contributed by atoms with E-state index < -0.39 is 17.8 Å². The highest BCUT2D eigenvalue weighted by atomic mass is 35.5. The lowest BCUT2D eigenvalue weighted by Gasteiger charge is -2.22. The zero-order valence-electron chi connectivity index (χ0n) is 18.0. The number of halogens is 4. The largest absolute Gasteiger partial charge is 0.482 e. The highest BCUT2D eigenvalue weighted by molar-refractivity contribution is 6.30. The Morgan fingerprint density at radius 3 is 2.45 bits per heavy atom. The average Bonchev–Trinajstić information content (AvgIpc) is 2.80. The number of nitrogens with zero attached hydrogens (tertiary/aromatic N) is 2. The first-order valence-corrected chi connectivity index (χ1v) is 11.1. The van der Waals surface area contributed by atoms with Crippen LogP contribution >= 0.6 is 11.6 Å². The highest BCUT2D eigenvalue weighted by Gasteiger charge is 2.35. The van der Waals surface area contributed by atoms with Gasteiger partial charge in [0.25, 0.3) is 0 Å². The SMILES string of the molecule is CC(Oc1cc(-c2ccc(C3CCNCC3)nc2)cnc1N)c1cc(Cl)ccc1C(F)(F)F. The second-order valence-electron chi connectivity index (χ2n) is 8.09. The first-order valence-electron chi connectivity index (χ1n) is 10.7. The van der Waals surface area contributed by atoms with Crippen molar-refractivity contribution in [1.82, 2.24) is 15.3 Å². The summed E-state index contributed by atoms with van der Waals surface area (Å²) in [5, 5.41) is 3.53. The molecular formula is C24H24ClF3N4O. The molecule has 3 heterocycles. The number of piperidine rings is 1. The zero-order chi connectivity index (χ0) is 23.6. The third-order valence-electron chi connectivity index (χ3n) is 5.82. The number of anilines is 1. The normalized spacial score (nSPS) is 15.9. The number of alkyl halides is 3. The molecule has 1 unspecified atom stereocenters. The van der Waals surface area contributed by atoms with Gasteiger partial charge in [0.1, 0.15) is 6.10 Å². The molecule has 0 bridgehead atoms. The van der Waals surface area contributed by atoms with Crippen LogP contribution in [0.25, 0.3) is 11.1 Å². The molecule has 33 heavy (non-hydrogen) atoms. The summed E-state index contributed by atoms with van der Waals surface area (Å²) in [6.45, 7) is 3.48. The van der Waals surface area contributed by atoms with Crippen molar-refractivity contribution in [2.45, 2.75) is 38.0 Å². The minimum atomic E-state index is -4.54. The predicted octanol–water partition coefficient (Wildman–Crippen LogP) is 6.01. The fourth-order valence-corrected chi connectivity index (χ4v) is 4.21. The molecule has 5 nitrogen and oxygen atoms in total. The van der Waals surface area contributed by atoms with Crippen LogP contribution in [0, 0.1) is 0 Å². The molecule has 2 aromatic heterocycles. The first-order chi connectivity index (χ1) is 15.7. The molecule has 0 radical (unpaired) electrons. The van der Waals surface area contributed by atoms with Crippen molar-refractivity contribution in [1.29, 1.82) is 0 Å². The average molecular weight is 477 g/mol. The van der Waals surface area contributed by atoms with Crippen LogP contribution in [0.4, 0.5) is 19.0 Å². The molecule has 0 amide bonds. The third-order valence-corrected chi connectivity index (χ3v) is 6.05. The van der Waals surface area contributed by atoms with Gasteiger partial charge < -0.3 is 15.8 Å². The van der Waals surface area contributed by atoms with E-state index in [1.165, 1.54) is 19.1 Å². The molecule has 1 fully saturated rings. The van der Waals surface area contributed by atoms with Gasteiger partial charge in [-0.15, -0.1) is 0 Å². The molecule has 1 atom stereocenters. The van der Waals surface area contributed by atoms with Gasteiger partial charge in [0, 0.05) is 45.7 Å². The number of nitrogens with one attached hydrogen (secondary N) is 1. The number of aromatic nitrogens is 2. The van der Waals surface area contributed by atoms with Crippen LogP contribution in [0.3, 0.4) is 0 Å². The smallest absolute Gasteiger partial charge is 0.416 e. The third kappa shape index (κ3) is 5.39. The maximum Gasteiger partial charge on any atom is 0.416 e. The lowest BCUT2D eigenvalue weighted by Crippen LogP contribution is -2.26. The Morgan fingerprint density at radius 1 is 1.06 bits per heavy atom. The second-order valence-corrected chi connectivity index (χ2v) is 8.53. The summed E-state index contributed by atoms with van der Waals surface area (Å²) in [5.74, 6) is 0.709. The van der Waals surface area contributed by atoms with Crippen LogP contribution in [0.2, 0.25) is 5.02 Å². The van der Waals surface area contributed by atoms with Crippen molar-refractivity contribution < 1.29 is 17.9 Å². The van der Waals surface area contributed by atoms with Gasteiger partial charge in [0.05, 0.1) is 5.56 Å². The van der Waals surface area contributed by atoms with Gasteiger partial charge in [-0.3, -0.25) is 4.98 Å². The topological polar surface area (TPSA) is 73.1 Å². The van der Waals surface area contributed by atoms with Crippen LogP contribution in [0.15, 0.2) is 48.8 Å². The van der Waals surface area contributed by atoms with E-state index in [2.05, 4.69) is 15.3 Å². The van der Waals surface area contributed by atoms with E-state index in [0.717, 1.165) is 43.3 Å². The van der Waals surface area contributed by atoms with Crippen molar-refractivity contribution >= 4 is 17.4 Å². The lowest BCUT2D eigenvalue weighted by atomic mass is 9.93. The fraction of sp³-hybridized carbons (Fsp3) is 0.333. The molecule has 0 saturated carbocycles. The molecule has 174 valence electrons. The van der Waals surface area contributed by atoms with Gasteiger partial charge in [-0.25, -0.2) is 4.98 Å². The van der Waals surface area contributed by atoms with Crippen molar-refractivity contribution in [2.24, 2.45) is 0 Å². The molecule has 4 rings (SSSR count). The standard InChI is InChI=1S/C24H24ClF3N4O/c1-14(19-11-18(25)3-4-20(19)24(26,27)28)33-22-10-17(13-32-23(22)29)16-2-5-21(31-12-16)15-6-8-30-9-7-15/h2-5,10-15,30H,6-9H2,1H3,(H2,29,32). The fourth-order valence-electron chi connectivity index (χ4n) is 4.02. The molecule has 1 aromatic carbocycles. The van der Waals surface area contributed by atoms with Gasteiger partial charge in [-0.1, -0.05) is 17.7 Å². The number of hydrogen-bond acceptors (Lipinski definition) is 5. The molecule has 9 heteroatoms. The summed E-state index contributed by atoms with van der Waals surface area (Å²) in [6.07, 6.45) is -0.0275. The Kier molecular flexibility index (Phi) is 6.76. The molecule has 1 aliphatic heterocycles. The molecule has 1 saturated heterocycles. The summed E-state index contributed by atoms with van der Waals surface area (Å²) in [5.41, 5.74) is 7.65. The first kappa shape index (κ1) is 23.3. The van der Waals surface area contributed by atoms with Crippen molar-refractivity contribution in [3.63, 3.8) is 0 Å². The number of hydrogen-bond donors (Lipinski definition) is 2. The summed E-state index contributed by atoms with van der Waals surface area (Å²) in [7, 11) is 0. The Balaban J connectivity index is 1.58. The Morgan fingerprint density at radius 2 is 1.79 bits per heavy atom. The van der Waals surface area contributed by atoms with Gasteiger partial charge in [-0.2, -0.15) is 13.2 Å². The van der Waals surface area contributed by atoms with Crippen molar-refractivity contribution in [3.8, 4) is 16.9 Å². The van der Waals surface area contributed by atoms with Crippen LogP contribution in [-0.4, -0.2) is 23.1 Å². The Labute approximate surface area is 195 Å². The number of nitrogen functional groups attached to an aromatic ring is 1. The van der Waals surface area contributed by atoms with Crippen LogP contribution < -0.4 is 15.8 Å². The predicted molar refractivity (Wildman–Crippen MR) is 122 cm³/mol. The maximum atomic E-state index is 13.5. The van der Waals surface area contributed by atoms with E-state index in [1.54, 1.807) is 18.5 Å². The number of pyridine rings is 2. The quantitative estimate of drug-likeness (QED) is 0.472. The number of rotatable bonds is 5. The molecule has 0 aliphatic carbocycles. The zero-order valence-corrected chi connectivity index (χ0v) is 18.7. The van der Waals surface area contributed by atoms with E-state index in [0.29, 0.717) is 11.5 Å². The molecule has 0 spiro atoms. The number of ether oxygens (including phenoxy) is 1.